The molecule has 6 rings (SSSR count). The van der Waals surface area contributed by atoms with Crippen LogP contribution in [0, 0.1) is 0 Å². The van der Waals surface area contributed by atoms with Crippen LogP contribution in [0.3, 0.4) is 0 Å². The van der Waals surface area contributed by atoms with Crippen LogP contribution < -0.4 is 4.74 Å². The van der Waals surface area contributed by atoms with E-state index in [-0.39, 0.29) is 11.9 Å². The minimum Gasteiger partial charge on any atom is -0.466 e. The highest BCUT2D eigenvalue weighted by atomic mass is 32.2. The molecule has 0 bridgehead atoms. The highest BCUT2D eigenvalue weighted by molar-refractivity contribution is 7.99. The molecule has 3 aliphatic rings. The van der Waals surface area contributed by atoms with Crippen molar-refractivity contribution in [2.45, 2.75) is 47.7 Å². The third-order valence-corrected chi connectivity index (χ3v) is 8.08. The fourth-order valence-corrected chi connectivity index (χ4v) is 6.08. The molecule has 3 aromatic rings. The van der Waals surface area contributed by atoms with Gasteiger partial charge in [-0.2, -0.15) is 5.10 Å². The van der Waals surface area contributed by atoms with Crippen molar-refractivity contribution in [2.24, 2.45) is 5.10 Å². The highest BCUT2D eigenvalue weighted by Crippen LogP contribution is 2.50. The molecule has 0 aliphatic carbocycles. The predicted molar refractivity (Wildman–Crippen MR) is 134 cm³/mol. The Hall–Kier alpha value is -3.25. The van der Waals surface area contributed by atoms with Gasteiger partial charge < -0.3 is 9.64 Å². The number of carbonyl (C=O) groups is 1. The molecule has 1 fully saturated rings. The van der Waals surface area contributed by atoms with E-state index in [1.54, 1.807) is 18.7 Å². The number of rotatable bonds is 3. The van der Waals surface area contributed by atoms with Crippen molar-refractivity contribution in [1.82, 2.24) is 9.91 Å². The van der Waals surface area contributed by atoms with Gasteiger partial charge in [-0.1, -0.05) is 60.3 Å². The summed E-state index contributed by atoms with van der Waals surface area (Å²) in [6.45, 7) is 3.03. The van der Waals surface area contributed by atoms with Gasteiger partial charge in [0.15, 0.2) is 0 Å². The van der Waals surface area contributed by atoms with E-state index in [0.717, 1.165) is 36.3 Å². The number of likely N-dealkylation sites (tertiary alicyclic amines) is 1. The zero-order chi connectivity index (χ0) is 23.1. The van der Waals surface area contributed by atoms with Crippen LogP contribution >= 0.6 is 11.8 Å². The number of nitrogens with zero attached hydrogens (tertiary/aromatic N) is 3. The summed E-state index contributed by atoms with van der Waals surface area (Å²) in [5.74, 6) is 1.08. The Morgan fingerprint density at radius 3 is 2.35 bits per heavy atom. The van der Waals surface area contributed by atoms with Crippen LogP contribution in [-0.2, 0) is 4.79 Å². The summed E-state index contributed by atoms with van der Waals surface area (Å²) in [6.07, 6.45) is 2.35. The van der Waals surface area contributed by atoms with Crippen molar-refractivity contribution >= 4 is 23.4 Å². The molecule has 0 N–H and O–H groups in total. The lowest BCUT2D eigenvalue weighted by molar-refractivity contribution is -0.158. The Kier molecular flexibility index (Phi) is 5.33. The third-order valence-electron chi connectivity index (χ3n) is 7.06. The topological polar surface area (TPSA) is 45.1 Å². The monoisotopic (exact) mass is 469 g/mol. The summed E-state index contributed by atoms with van der Waals surface area (Å²) in [7, 11) is 0. The summed E-state index contributed by atoms with van der Waals surface area (Å²) in [5, 5.41) is 7.36. The van der Waals surface area contributed by atoms with Crippen molar-refractivity contribution in [2.75, 3.05) is 13.1 Å². The normalized spacial score (nSPS) is 20.4. The first kappa shape index (κ1) is 21.3. The number of carbonyl (C=O) groups excluding carboxylic acids is 1. The fourth-order valence-electron chi connectivity index (χ4n) is 5.24. The van der Waals surface area contributed by atoms with E-state index in [1.165, 1.54) is 15.4 Å². The van der Waals surface area contributed by atoms with Gasteiger partial charge in [-0.3, -0.25) is 4.79 Å². The average Bonchev–Trinajstić information content (AvgIpc) is 3.33. The molecule has 5 nitrogen and oxygen atoms in total. The number of para-hydroxylation sites is 1. The summed E-state index contributed by atoms with van der Waals surface area (Å²) in [6, 6.07) is 27.6. The number of ether oxygens (including phenoxy) is 1. The van der Waals surface area contributed by atoms with E-state index in [9.17, 15) is 4.79 Å². The van der Waals surface area contributed by atoms with Crippen LogP contribution in [0.4, 0.5) is 0 Å². The van der Waals surface area contributed by atoms with Crippen molar-refractivity contribution in [3.63, 3.8) is 0 Å². The van der Waals surface area contributed by atoms with E-state index in [2.05, 4.69) is 71.7 Å². The summed E-state index contributed by atoms with van der Waals surface area (Å²) < 4.78 is 6.65. The molecule has 1 spiro atoms. The second-order valence-electron chi connectivity index (χ2n) is 9.14. The van der Waals surface area contributed by atoms with Crippen molar-refractivity contribution < 1.29 is 9.53 Å². The number of hydrazone groups is 1. The van der Waals surface area contributed by atoms with Gasteiger partial charge in [-0.25, -0.2) is 5.01 Å². The molecule has 1 amide bonds. The molecule has 3 aliphatic heterocycles. The van der Waals surface area contributed by atoms with E-state index < -0.39 is 5.72 Å². The van der Waals surface area contributed by atoms with Crippen LogP contribution in [0.15, 0.2) is 93.8 Å². The zero-order valence-electron chi connectivity index (χ0n) is 19.2. The summed E-state index contributed by atoms with van der Waals surface area (Å²) in [5.41, 5.74) is 2.93. The largest absolute Gasteiger partial charge is 0.466 e. The van der Waals surface area contributed by atoms with E-state index in [0.29, 0.717) is 13.1 Å². The van der Waals surface area contributed by atoms with Crippen LogP contribution in [-0.4, -0.2) is 40.3 Å². The zero-order valence-corrected chi connectivity index (χ0v) is 20.0. The van der Waals surface area contributed by atoms with E-state index in [4.69, 9.17) is 9.84 Å². The molecule has 3 aromatic carbocycles. The van der Waals surface area contributed by atoms with Gasteiger partial charge in [0.05, 0.1) is 11.8 Å². The Bertz CT molecular complexity index is 1230. The van der Waals surface area contributed by atoms with Gasteiger partial charge in [-0.05, 0) is 35.9 Å². The summed E-state index contributed by atoms with van der Waals surface area (Å²) in [4.78, 5) is 16.3. The number of hydrogen-bond donors (Lipinski definition) is 0. The lowest BCUT2D eigenvalue weighted by Gasteiger charge is -2.51. The molecule has 6 heteroatoms. The minimum atomic E-state index is -0.504. The summed E-state index contributed by atoms with van der Waals surface area (Å²) >= 11 is 1.77. The standard InChI is InChI=1S/C28H27N3O2S/c1-20(32)30-17-15-28(16-18-30)31-26(24-9-5-6-10-27(24)33-28)19-25(29-31)21-11-13-23(14-12-21)34-22-7-3-2-4-8-22/h2-14,26H,15-19H2,1H3/t26-/m1/s1. The molecule has 0 saturated carbocycles. The lowest BCUT2D eigenvalue weighted by Crippen LogP contribution is -2.59. The second-order valence-corrected chi connectivity index (χ2v) is 10.3. The minimum absolute atomic E-state index is 0.127. The molecule has 1 atom stereocenters. The molecular weight excluding hydrogens is 442 g/mol. The van der Waals surface area contributed by atoms with Crippen LogP contribution in [0.1, 0.15) is 43.4 Å². The molecule has 3 heterocycles. The first-order chi connectivity index (χ1) is 16.6. The van der Waals surface area contributed by atoms with Crippen LogP contribution in [0.5, 0.6) is 5.75 Å². The Morgan fingerprint density at radius 1 is 0.941 bits per heavy atom. The highest BCUT2D eigenvalue weighted by Gasteiger charge is 2.52. The second kappa shape index (κ2) is 8.51. The number of amides is 1. The van der Waals surface area contributed by atoms with Gasteiger partial charge in [0.25, 0.3) is 0 Å². The Balaban J connectivity index is 1.29. The predicted octanol–water partition coefficient (Wildman–Crippen LogP) is 5.72. The lowest BCUT2D eigenvalue weighted by atomic mass is 9.90. The maximum absolute atomic E-state index is 11.9. The number of piperidine rings is 1. The van der Waals surface area contributed by atoms with Gasteiger partial charge in [0.1, 0.15) is 5.75 Å². The molecular formula is C28H27N3O2S. The van der Waals surface area contributed by atoms with Gasteiger partial charge in [-0.15, -0.1) is 0 Å². The van der Waals surface area contributed by atoms with Gasteiger partial charge >= 0.3 is 0 Å². The van der Waals surface area contributed by atoms with Crippen molar-refractivity contribution in [3.05, 3.63) is 90.0 Å². The number of hydrogen-bond acceptors (Lipinski definition) is 5. The molecule has 0 aromatic heterocycles. The van der Waals surface area contributed by atoms with Gasteiger partial charge in [0.2, 0.25) is 11.6 Å². The number of fused-ring (bicyclic) bond motifs is 4. The third kappa shape index (κ3) is 3.76. The smallest absolute Gasteiger partial charge is 0.219 e. The fraction of sp³-hybridized carbons (Fsp3) is 0.286. The van der Waals surface area contributed by atoms with Gasteiger partial charge in [0, 0.05) is 54.6 Å². The Morgan fingerprint density at radius 2 is 1.62 bits per heavy atom. The maximum atomic E-state index is 11.9. The Labute approximate surface area is 204 Å². The molecule has 0 unspecified atom stereocenters. The van der Waals surface area contributed by atoms with Crippen molar-refractivity contribution in [1.29, 1.82) is 0 Å². The van der Waals surface area contributed by atoms with E-state index >= 15 is 0 Å². The van der Waals surface area contributed by atoms with Crippen LogP contribution in [0.25, 0.3) is 0 Å². The molecule has 1 saturated heterocycles. The number of benzene rings is 3. The van der Waals surface area contributed by atoms with Crippen molar-refractivity contribution in [3.8, 4) is 5.75 Å². The first-order valence-electron chi connectivity index (χ1n) is 11.8. The van der Waals surface area contributed by atoms with Crippen LogP contribution in [0.2, 0.25) is 0 Å². The molecule has 172 valence electrons. The molecule has 0 radical (unpaired) electrons. The average molecular weight is 470 g/mol. The van der Waals surface area contributed by atoms with E-state index in [1.807, 2.05) is 17.0 Å². The SMILES string of the molecule is CC(=O)N1CCC2(CC1)Oc1ccccc1[C@H]1CC(c3ccc(Sc4ccccc4)cc3)=NN12. The maximum Gasteiger partial charge on any atom is 0.219 e. The molecule has 34 heavy (non-hydrogen) atoms. The first-order valence-corrected chi connectivity index (χ1v) is 12.7. The quantitative estimate of drug-likeness (QED) is 0.492.